The number of carbonyl (C=O) groups is 2. The monoisotopic (exact) mass is 254 g/mol. The summed E-state index contributed by atoms with van der Waals surface area (Å²) in [5, 5.41) is 20.3. The van der Waals surface area contributed by atoms with E-state index in [1.165, 1.54) is 12.4 Å². The second-order valence-corrected chi connectivity index (χ2v) is 5.10. The smallest absolute Gasteiger partial charge is 0.319 e. The number of aliphatic carboxylic acids is 1. The highest BCUT2D eigenvalue weighted by Crippen LogP contribution is 2.22. The van der Waals surface area contributed by atoms with E-state index in [1.54, 1.807) is 0 Å². The van der Waals surface area contributed by atoms with Gasteiger partial charge in [0.15, 0.2) is 0 Å². The average Bonchev–Trinajstić information content (AvgIpc) is 2.67. The van der Waals surface area contributed by atoms with Crippen LogP contribution in [0.15, 0.2) is 12.4 Å². The van der Waals surface area contributed by atoms with E-state index in [1.807, 2.05) is 20.8 Å². The van der Waals surface area contributed by atoms with Crippen LogP contribution in [0.5, 0.6) is 0 Å². The van der Waals surface area contributed by atoms with Crippen LogP contribution in [-0.2, 0) is 4.79 Å². The Morgan fingerprint density at radius 3 is 2.61 bits per heavy atom. The third-order valence-electron chi connectivity index (χ3n) is 2.49. The fraction of sp³-hybridized carbons (Fsp3) is 0.545. The van der Waals surface area contributed by atoms with Gasteiger partial charge in [-0.1, -0.05) is 20.8 Å². The van der Waals surface area contributed by atoms with Gasteiger partial charge in [0.05, 0.1) is 18.3 Å². The molecule has 0 aliphatic carbocycles. The lowest BCUT2D eigenvalue weighted by Crippen LogP contribution is -2.46. The molecule has 0 bridgehead atoms. The summed E-state index contributed by atoms with van der Waals surface area (Å²) in [4.78, 5) is 22.5. The number of aromatic nitrogens is 2. The van der Waals surface area contributed by atoms with Crippen LogP contribution in [0.1, 0.15) is 27.2 Å². The highest BCUT2D eigenvalue weighted by Gasteiger charge is 2.28. The minimum absolute atomic E-state index is 0.123. The third kappa shape index (κ3) is 4.44. The lowest BCUT2D eigenvalue weighted by molar-refractivity contribution is -0.138. The van der Waals surface area contributed by atoms with Crippen LogP contribution >= 0.6 is 0 Å². The number of amides is 2. The van der Waals surface area contributed by atoms with Crippen LogP contribution in [0.25, 0.3) is 0 Å². The summed E-state index contributed by atoms with van der Waals surface area (Å²) in [6.07, 6.45) is 2.87. The van der Waals surface area contributed by atoms with Crippen LogP contribution < -0.4 is 10.6 Å². The van der Waals surface area contributed by atoms with Gasteiger partial charge in [-0.05, 0) is 5.41 Å². The number of nitrogens with one attached hydrogen (secondary N) is 3. The number of carbonyl (C=O) groups excluding carboxylic acids is 1. The molecule has 0 radical (unpaired) electrons. The van der Waals surface area contributed by atoms with Crippen molar-refractivity contribution in [3.63, 3.8) is 0 Å². The number of carboxylic acids is 1. The van der Waals surface area contributed by atoms with E-state index in [4.69, 9.17) is 5.11 Å². The fourth-order valence-electron chi connectivity index (χ4n) is 1.39. The molecule has 0 aromatic carbocycles. The Morgan fingerprint density at radius 2 is 2.17 bits per heavy atom. The van der Waals surface area contributed by atoms with Crippen molar-refractivity contribution in [1.82, 2.24) is 15.5 Å². The number of hydrogen-bond acceptors (Lipinski definition) is 3. The number of nitrogens with zero attached hydrogens (tertiary/aromatic N) is 1. The molecule has 4 N–H and O–H groups in total. The van der Waals surface area contributed by atoms with Crippen molar-refractivity contribution in [2.45, 2.75) is 33.2 Å². The Bertz CT molecular complexity index is 408. The van der Waals surface area contributed by atoms with Crippen LogP contribution in [0.4, 0.5) is 10.5 Å². The molecule has 1 rings (SSSR count). The molecule has 0 spiro atoms. The van der Waals surface area contributed by atoms with Gasteiger partial charge in [-0.3, -0.25) is 9.89 Å². The molecule has 2 amide bonds. The maximum Gasteiger partial charge on any atom is 0.319 e. The van der Waals surface area contributed by atoms with Crippen molar-refractivity contribution in [3.8, 4) is 0 Å². The van der Waals surface area contributed by atoms with E-state index in [2.05, 4.69) is 20.8 Å². The van der Waals surface area contributed by atoms with Crippen LogP contribution in [-0.4, -0.2) is 33.3 Å². The molecule has 100 valence electrons. The normalized spacial score (nSPS) is 12.8. The first-order chi connectivity index (χ1) is 8.29. The van der Waals surface area contributed by atoms with Gasteiger partial charge in [-0.2, -0.15) is 5.10 Å². The first-order valence-electron chi connectivity index (χ1n) is 5.57. The van der Waals surface area contributed by atoms with Gasteiger partial charge < -0.3 is 15.7 Å². The van der Waals surface area contributed by atoms with Gasteiger partial charge in [0.1, 0.15) is 0 Å². The lowest BCUT2D eigenvalue weighted by Gasteiger charge is -2.30. The Hall–Kier alpha value is -2.05. The molecule has 1 unspecified atom stereocenters. The minimum atomic E-state index is -0.946. The molecule has 0 saturated carbocycles. The SMILES string of the molecule is CC(C)(C)C(CC(=O)O)NC(=O)Nc1cn[nH]c1. The minimum Gasteiger partial charge on any atom is -0.481 e. The van der Waals surface area contributed by atoms with E-state index in [9.17, 15) is 9.59 Å². The standard InChI is InChI=1S/C11H18N4O3/c1-11(2,3)8(4-9(16)17)15-10(18)14-7-5-12-13-6-7/h5-6,8H,4H2,1-3H3,(H,12,13)(H,16,17)(H2,14,15,18). The maximum absolute atomic E-state index is 11.7. The molecule has 0 fully saturated rings. The number of H-pyrrole nitrogens is 1. The Labute approximate surface area is 105 Å². The molecule has 0 saturated heterocycles. The van der Waals surface area contributed by atoms with Crippen molar-refractivity contribution < 1.29 is 14.7 Å². The molecular formula is C11H18N4O3. The zero-order chi connectivity index (χ0) is 13.8. The third-order valence-corrected chi connectivity index (χ3v) is 2.49. The molecule has 1 atom stereocenters. The first kappa shape index (κ1) is 14.0. The molecular weight excluding hydrogens is 236 g/mol. The van der Waals surface area contributed by atoms with E-state index < -0.39 is 18.0 Å². The second-order valence-electron chi connectivity index (χ2n) is 5.10. The highest BCUT2D eigenvalue weighted by atomic mass is 16.4. The van der Waals surface area contributed by atoms with Crippen molar-refractivity contribution in [2.24, 2.45) is 5.41 Å². The average molecular weight is 254 g/mol. The predicted octanol–water partition coefficient (Wildman–Crippen LogP) is 1.42. The molecule has 1 aromatic heterocycles. The van der Waals surface area contributed by atoms with Crippen LogP contribution in [0.2, 0.25) is 0 Å². The molecule has 0 aliphatic heterocycles. The summed E-state index contributed by atoms with van der Waals surface area (Å²) in [5.41, 5.74) is 0.182. The number of aromatic amines is 1. The topological polar surface area (TPSA) is 107 Å². The van der Waals surface area contributed by atoms with Gasteiger partial charge >= 0.3 is 12.0 Å². The van der Waals surface area contributed by atoms with Crippen molar-refractivity contribution >= 4 is 17.7 Å². The summed E-state index contributed by atoms with van der Waals surface area (Å²) in [6.45, 7) is 5.62. The van der Waals surface area contributed by atoms with Crippen LogP contribution in [0.3, 0.4) is 0 Å². The molecule has 1 aromatic rings. The summed E-state index contributed by atoms with van der Waals surface area (Å²) < 4.78 is 0. The zero-order valence-corrected chi connectivity index (χ0v) is 10.7. The van der Waals surface area contributed by atoms with Gasteiger partial charge in [0.25, 0.3) is 0 Å². The summed E-state index contributed by atoms with van der Waals surface area (Å²) in [6, 6.07) is -0.903. The van der Waals surface area contributed by atoms with Crippen molar-refractivity contribution in [2.75, 3.05) is 5.32 Å². The summed E-state index contributed by atoms with van der Waals surface area (Å²) in [5.74, 6) is -0.946. The lowest BCUT2D eigenvalue weighted by atomic mass is 9.85. The number of carboxylic acid groups (broad SMARTS) is 1. The quantitative estimate of drug-likeness (QED) is 0.651. The van der Waals surface area contributed by atoms with Gasteiger partial charge in [0, 0.05) is 12.2 Å². The molecule has 7 heteroatoms. The largest absolute Gasteiger partial charge is 0.481 e. The highest BCUT2D eigenvalue weighted by molar-refractivity contribution is 5.89. The Morgan fingerprint density at radius 1 is 1.50 bits per heavy atom. The van der Waals surface area contributed by atoms with Gasteiger partial charge in [-0.25, -0.2) is 4.79 Å². The Balaban J connectivity index is 2.60. The number of rotatable bonds is 4. The number of urea groups is 1. The Kier molecular flexibility index (Phi) is 4.30. The summed E-state index contributed by atoms with van der Waals surface area (Å²) in [7, 11) is 0. The molecule has 18 heavy (non-hydrogen) atoms. The zero-order valence-electron chi connectivity index (χ0n) is 10.7. The first-order valence-corrected chi connectivity index (χ1v) is 5.57. The van der Waals surface area contributed by atoms with E-state index in [0.29, 0.717) is 5.69 Å². The van der Waals surface area contributed by atoms with Gasteiger partial charge in [-0.15, -0.1) is 0 Å². The summed E-state index contributed by atoms with van der Waals surface area (Å²) >= 11 is 0. The second kappa shape index (κ2) is 5.52. The van der Waals surface area contributed by atoms with Crippen molar-refractivity contribution in [3.05, 3.63) is 12.4 Å². The molecule has 7 nitrogen and oxygen atoms in total. The molecule has 1 heterocycles. The van der Waals surface area contributed by atoms with E-state index in [0.717, 1.165) is 0 Å². The maximum atomic E-state index is 11.7. The van der Waals surface area contributed by atoms with Gasteiger partial charge in [0.2, 0.25) is 0 Å². The van der Waals surface area contributed by atoms with E-state index >= 15 is 0 Å². The van der Waals surface area contributed by atoms with E-state index in [-0.39, 0.29) is 11.8 Å². The molecule has 0 aliphatic rings. The fourth-order valence-corrected chi connectivity index (χ4v) is 1.39. The van der Waals surface area contributed by atoms with Crippen LogP contribution in [0, 0.1) is 5.41 Å². The number of hydrogen-bond donors (Lipinski definition) is 4. The van der Waals surface area contributed by atoms with Crippen molar-refractivity contribution in [1.29, 1.82) is 0 Å². The predicted molar refractivity (Wildman–Crippen MR) is 66.2 cm³/mol. The number of anilines is 1.